The van der Waals surface area contributed by atoms with Crippen LogP contribution in [-0.4, -0.2) is 47.6 Å². The molecular weight excluding hydrogens is 376 g/mol. The van der Waals surface area contributed by atoms with Crippen molar-refractivity contribution in [2.45, 2.75) is 30.2 Å². The lowest BCUT2D eigenvalue weighted by Gasteiger charge is -2.31. The zero-order chi connectivity index (χ0) is 19.6. The summed E-state index contributed by atoms with van der Waals surface area (Å²) < 4.78 is 30.0. The van der Waals surface area contributed by atoms with E-state index in [9.17, 15) is 8.42 Å². The largest absolute Gasteiger partial charge is 0.468 e. The van der Waals surface area contributed by atoms with Crippen molar-refractivity contribution in [3.8, 4) is 11.4 Å². The first-order chi connectivity index (χ1) is 13.5. The minimum atomic E-state index is -3.40. The smallest absolute Gasteiger partial charge is 0.178 e. The number of nitrogens with zero attached hydrogens (tertiary/aromatic N) is 4. The zero-order valence-corrected chi connectivity index (χ0v) is 16.5. The molecule has 1 saturated heterocycles. The summed E-state index contributed by atoms with van der Waals surface area (Å²) in [5.41, 5.74) is 1.45. The summed E-state index contributed by atoms with van der Waals surface area (Å²) in [6.07, 6.45) is 9.38. The van der Waals surface area contributed by atoms with E-state index in [1.165, 1.54) is 12.5 Å². The average Bonchev–Trinajstić information content (AvgIpc) is 3.21. The molecule has 28 heavy (non-hydrogen) atoms. The highest BCUT2D eigenvalue weighted by Crippen LogP contribution is 2.32. The number of rotatable bonds is 5. The molecule has 0 saturated carbocycles. The summed E-state index contributed by atoms with van der Waals surface area (Å²) in [6, 6.07) is 7.51. The molecule has 3 aromatic heterocycles. The molecule has 7 nitrogen and oxygen atoms in total. The first kappa shape index (κ1) is 18.8. The second-order valence-electron chi connectivity index (χ2n) is 7.08. The van der Waals surface area contributed by atoms with Gasteiger partial charge in [-0.05, 0) is 50.2 Å². The van der Waals surface area contributed by atoms with Gasteiger partial charge in [0.2, 0.25) is 0 Å². The summed E-state index contributed by atoms with van der Waals surface area (Å²) in [5.74, 6) is 1.56. The van der Waals surface area contributed by atoms with E-state index >= 15 is 0 Å². The Hall–Kier alpha value is -2.58. The predicted molar refractivity (Wildman–Crippen MR) is 104 cm³/mol. The third-order valence-electron chi connectivity index (χ3n) is 5.05. The van der Waals surface area contributed by atoms with Gasteiger partial charge >= 0.3 is 0 Å². The summed E-state index contributed by atoms with van der Waals surface area (Å²) in [5, 5.41) is 0. The molecule has 146 valence electrons. The number of pyridine rings is 1. The molecular formula is C20H22N4O3S. The molecule has 0 bridgehead atoms. The Bertz CT molecular complexity index is 1030. The van der Waals surface area contributed by atoms with E-state index in [4.69, 9.17) is 4.42 Å². The summed E-state index contributed by atoms with van der Waals surface area (Å²) in [7, 11) is -3.40. The molecule has 0 amide bonds. The van der Waals surface area contributed by atoms with Crippen molar-refractivity contribution in [2.24, 2.45) is 0 Å². The fourth-order valence-electron chi connectivity index (χ4n) is 3.59. The Morgan fingerprint density at radius 1 is 1.18 bits per heavy atom. The first-order valence-corrected chi connectivity index (χ1v) is 11.1. The highest BCUT2D eigenvalue weighted by molar-refractivity contribution is 7.90. The molecule has 1 aliphatic rings. The highest BCUT2D eigenvalue weighted by Gasteiger charge is 2.28. The second-order valence-corrected chi connectivity index (χ2v) is 9.07. The van der Waals surface area contributed by atoms with E-state index in [1.54, 1.807) is 18.7 Å². The van der Waals surface area contributed by atoms with Crippen molar-refractivity contribution in [2.75, 3.05) is 19.3 Å². The molecule has 0 radical (unpaired) electrons. The van der Waals surface area contributed by atoms with E-state index in [0.717, 1.165) is 43.8 Å². The quantitative estimate of drug-likeness (QED) is 0.653. The number of hydrogen-bond acceptors (Lipinski definition) is 7. The minimum Gasteiger partial charge on any atom is -0.468 e. The topological polar surface area (TPSA) is 89.2 Å². The van der Waals surface area contributed by atoms with E-state index in [2.05, 4.69) is 19.9 Å². The van der Waals surface area contributed by atoms with Crippen LogP contribution in [0.3, 0.4) is 0 Å². The third kappa shape index (κ3) is 4.13. The SMILES string of the molecule is CS(=O)(=O)c1cnc(-c2ccncc2)nc1C1CCN(Cc2ccco2)CC1. The fraction of sp³-hybridized carbons (Fsp3) is 0.350. The van der Waals surface area contributed by atoms with Crippen molar-refractivity contribution >= 4 is 9.84 Å². The lowest BCUT2D eigenvalue weighted by Crippen LogP contribution is -2.33. The van der Waals surface area contributed by atoms with Crippen molar-refractivity contribution in [1.29, 1.82) is 0 Å². The van der Waals surface area contributed by atoms with Crippen LogP contribution in [0.1, 0.15) is 30.2 Å². The molecule has 8 heteroatoms. The van der Waals surface area contributed by atoms with Gasteiger partial charge in [-0.15, -0.1) is 0 Å². The predicted octanol–water partition coefficient (Wildman–Crippen LogP) is 2.91. The average molecular weight is 398 g/mol. The van der Waals surface area contributed by atoms with Gasteiger partial charge in [0, 0.05) is 36.3 Å². The Morgan fingerprint density at radius 2 is 1.93 bits per heavy atom. The van der Waals surface area contributed by atoms with Crippen molar-refractivity contribution in [3.05, 3.63) is 60.6 Å². The Balaban J connectivity index is 1.59. The Kier molecular flexibility index (Phi) is 5.23. The molecule has 0 aliphatic carbocycles. The van der Waals surface area contributed by atoms with Crippen LogP contribution in [0.5, 0.6) is 0 Å². The number of piperidine rings is 1. The van der Waals surface area contributed by atoms with Gasteiger partial charge in [-0.25, -0.2) is 18.4 Å². The second kappa shape index (κ2) is 7.81. The number of likely N-dealkylation sites (tertiary alicyclic amines) is 1. The van der Waals surface area contributed by atoms with Crippen molar-refractivity contribution in [3.63, 3.8) is 0 Å². The van der Waals surface area contributed by atoms with E-state index in [1.807, 2.05) is 24.3 Å². The van der Waals surface area contributed by atoms with E-state index < -0.39 is 9.84 Å². The van der Waals surface area contributed by atoms with Crippen molar-refractivity contribution in [1.82, 2.24) is 19.9 Å². The van der Waals surface area contributed by atoms with Gasteiger partial charge in [-0.1, -0.05) is 0 Å². The first-order valence-electron chi connectivity index (χ1n) is 9.23. The van der Waals surface area contributed by atoms with Gasteiger partial charge in [0.25, 0.3) is 0 Å². The lowest BCUT2D eigenvalue weighted by atomic mass is 9.93. The fourth-order valence-corrected chi connectivity index (χ4v) is 4.43. The molecule has 0 N–H and O–H groups in total. The number of furan rings is 1. The van der Waals surface area contributed by atoms with Crippen LogP contribution >= 0.6 is 0 Å². The maximum atomic E-state index is 12.3. The molecule has 4 rings (SSSR count). The van der Waals surface area contributed by atoms with Crippen LogP contribution in [0.15, 0.2) is 58.4 Å². The van der Waals surface area contributed by atoms with Crippen LogP contribution in [0.25, 0.3) is 11.4 Å². The monoisotopic (exact) mass is 398 g/mol. The van der Waals surface area contributed by atoms with Crippen LogP contribution in [0.4, 0.5) is 0 Å². The number of aromatic nitrogens is 3. The maximum absolute atomic E-state index is 12.3. The van der Waals surface area contributed by atoms with Crippen LogP contribution in [0.2, 0.25) is 0 Å². The Labute approximate surface area is 164 Å². The zero-order valence-electron chi connectivity index (χ0n) is 15.7. The molecule has 0 unspecified atom stereocenters. The highest BCUT2D eigenvalue weighted by atomic mass is 32.2. The van der Waals surface area contributed by atoms with Gasteiger partial charge in [0.15, 0.2) is 15.7 Å². The van der Waals surface area contributed by atoms with Crippen molar-refractivity contribution < 1.29 is 12.8 Å². The van der Waals surface area contributed by atoms with Gasteiger partial charge in [0.1, 0.15) is 10.7 Å². The van der Waals surface area contributed by atoms with Crippen LogP contribution < -0.4 is 0 Å². The third-order valence-corrected chi connectivity index (χ3v) is 6.17. The number of hydrogen-bond donors (Lipinski definition) is 0. The molecule has 3 aromatic rings. The molecule has 4 heterocycles. The van der Waals surface area contributed by atoms with Gasteiger partial charge in [0.05, 0.1) is 18.5 Å². The number of sulfone groups is 1. The van der Waals surface area contributed by atoms with E-state index in [-0.39, 0.29) is 10.8 Å². The summed E-state index contributed by atoms with van der Waals surface area (Å²) in [4.78, 5) is 15.5. The molecule has 1 aliphatic heterocycles. The van der Waals surface area contributed by atoms with E-state index in [0.29, 0.717) is 11.5 Å². The molecule has 0 aromatic carbocycles. The Morgan fingerprint density at radius 3 is 2.57 bits per heavy atom. The van der Waals surface area contributed by atoms with Crippen LogP contribution in [0, 0.1) is 0 Å². The summed E-state index contributed by atoms with van der Waals surface area (Å²) in [6.45, 7) is 2.50. The summed E-state index contributed by atoms with van der Waals surface area (Å²) >= 11 is 0. The molecule has 1 fully saturated rings. The minimum absolute atomic E-state index is 0.0844. The molecule has 0 atom stereocenters. The normalized spacial score (nSPS) is 16.3. The standard InChI is InChI=1S/C20H22N4O3S/c1-28(25,26)18-13-22-20(16-4-8-21-9-5-16)23-19(18)15-6-10-24(11-7-15)14-17-3-2-12-27-17/h2-5,8-9,12-13,15H,6-7,10-11,14H2,1H3. The molecule has 0 spiro atoms. The van der Waals surface area contributed by atoms with Gasteiger partial charge < -0.3 is 4.42 Å². The van der Waals surface area contributed by atoms with Crippen LogP contribution in [-0.2, 0) is 16.4 Å². The van der Waals surface area contributed by atoms with Gasteiger partial charge in [-0.2, -0.15) is 0 Å². The lowest BCUT2D eigenvalue weighted by molar-refractivity contribution is 0.189. The maximum Gasteiger partial charge on any atom is 0.178 e. The van der Waals surface area contributed by atoms with Gasteiger partial charge in [-0.3, -0.25) is 9.88 Å².